The van der Waals surface area contributed by atoms with E-state index in [2.05, 4.69) is 51.2 Å². The molecule has 0 radical (unpaired) electrons. The van der Waals surface area contributed by atoms with Gasteiger partial charge in [0.1, 0.15) is 0 Å². The summed E-state index contributed by atoms with van der Waals surface area (Å²) in [4.78, 5) is 11.4. The fourth-order valence-electron chi connectivity index (χ4n) is 5.80. The molecule has 2 heterocycles. The molecule has 3 unspecified atom stereocenters. The zero-order valence-electron chi connectivity index (χ0n) is 25.2. The number of esters is 1. The number of hydrogen-bond acceptors (Lipinski definition) is 6. The van der Waals surface area contributed by atoms with Crippen LogP contribution in [0.5, 0.6) is 0 Å². The Kier molecular flexibility index (Phi) is 15.3. The molecule has 8 atom stereocenters. The predicted octanol–water partition coefficient (Wildman–Crippen LogP) is 7.89. The summed E-state index contributed by atoms with van der Waals surface area (Å²) in [6.45, 7) is 8.08. The third-order valence-corrected chi connectivity index (χ3v) is 8.79. The number of carbonyl (C=O) groups is 1. The Morgan fingerprint density at radius 3 is 2.42 bits per heavy atom. The normalized spacial score (nSPS) is 30.9. The van der Waals surface area contributed by atoms with E-state index in [1.165, 1.54) is 12.7 Å². The van der Waals surface area contributed by atoms with Crippen molar-refractivity contribution >= 4 is 17.6 Å². The van der Waals surface area contributed by atoms with Gasteiger partial charge in [0.15, 0.2) is 12.6 Å². The molecule has 0 aromatic heterocycles. The summed E-state index contributed by atoms with van der Waals surface area (Å²) in [5.41, 5.74) is 1.32. The monoisotopic (exact) mass is 580 g/mol. The fourth-order valence-corrected chi connectivity index (χ4v) is 6.24. The molecule has 1 saturated carbocycles. The lowest BCUT2D eigenvalue weighted by molar-refractivity contribution is -0.193. The van der Waals surface area contributed by atoms with Gasteiger partial charge in [-0.2, -0.15) is 0 Å². The molecular formula is C33H53ClO6. The largest absolute Gasteiger partial charge is 0.469 e. The van der Waals surface area contributed by atoms with Gasteiger partial charge in [0.25, 0.3) is 0 Å². The molecule has 40 heavy (non-hydrogen) atoms. The average Bonchev–Trinajstić information content (AvgIpc) is 3.25. The van der Waals surface area contributed by atoms with Crippen molar-refractivity contribution in [3.63, 3.8) is 0 Å². The Balaban J connectivity index is 1.72. The SMILES string of the molecule is COC(=O)CCCC=CC[C@@H]1[C@@H](C=C[C@@H](OC2CCCCO2)C(C)CC=C(C)C)[C@H](OC2CCCCO2)C[C@H]1Cl. The molecule has 2 aliphatic heterocycles. The van der Waals surface area contributed by atoms with Crippen LogP contribution in [0.3, 0.4) is 0 Å². The quantitative estimate of drug-likeness (QED) is 0.0849. The summed E-state index contributed by atoms with van der Waals surface area (Å²) in [5.74, 6) is 0.582. The maximum atomic E-state index is 11.4. The van der Waals surface area contributed by atoms with E-state index in [4.69, 9.17) is 35.3 Å². The number of ether oxygens (including phenoxy) is 5. The second kappa shape index (κ2) is 18.4. The highest BCUT2D eigenvalue weighted by Crippen LogP contribution is 2.42. The van der Waals surface area contributed by atoms with Crippen molar-refractivity contribution in [3.8, 4) is 0 Å². The van der Waals surface area contributed by atoms with E-state index in [9.17, 15) is 4.79 Å². The topological polar surface area (TPSA) is 63.2 Å². The molecule has 228 valence electrons. The molecule has 0 aromatic carbocycles. The van der Waals surface area contributed by atoms with E-state index in [0.717, 1.165) is 83.8 Å². The van der Waals surface area contributed by atoms with E-state index >= 15 is 0 Å². The number of rotatable bonds is 15. The minimum atomic E-state index is -0.158. The first-order valence-corrected chi connectivity index (χ1v) is 16.0. The van der Waals surface area contributed by atoms with Gasteiger partial charge in [-0.05, 0) is 96.3 Å². The van der Waals surface area contributed by atoms with Crippen LogP contribution in [-0.2, 0) is 28.5 Å². The first kappa shape index (κ1) is 33.3. The van der Waals surface area contributed by atoms with Crippen molar-refractivity contribution in [3.05, 3.63) is 36.0 Å². The Morgan fingerprint density at radius 1 is 1.05 bits per heavy atom. The molecule has 0 amide bonds. The van der Waals surface area contributed by atoms with E-state index < -0.39 is 0 Å². The lowest BCUT2D eigenvalue weighted by atomic mass is 9.89. The highest BCUT2D eigenvalue weighted by atomic mass is 35.5. The van der Waals surface area contributed by atoms with Crippen molar-refractivity contribution in [1.82, 2.24) is 0 Å². The van der Waals surface area contributed by atoms with Crippen LogP contribution < -0.4 is 0 Å². The number of carbonyl (C=O) groups excluding carboxylic acids is 1. The average molecular weight is 581 g/mol. The van der Waals surface area contributed by atoms with Gasteiger partial charge in [0.2, 0.25) is 0 Å². The summed E-state index contributed by atoms with van der Waals surface area (Å²) < 4.78 is 29.8. The van der Waals surface area contributed by atoms with Gasteiger partial charge in [0, 0.05) is 30.9 Å². The summed E-state index contributed by atoms with van der Waals surface area (Å²) in [6, 6.07) is 0. The van der Waals surface area contributed by atoms with Crippen LogP contribution in [0.1, 0.15) is 97.8 Å². The van der Waals surface area contributed by atoms with Gasteiger partial charge in [-0.3, -0.25) is 4.79 Å². The summed E-state index contributed by atoms with van der Waals surface area (Å²) in [5, 5.41) is 0.0205. The highest BCUT2D eigenvalue weighted by molar-refractivity contribution is 6.21. The second-order valence-corrected chi connectivity index (χ2v) is 12.5. The molecule has 3 fully saturated rings. The first-order valence-electron chi connectivity index (χ1n) is 15.6. The summed E-state index contributed by atoms with van der Waals surface area (Å²) in [6.07, 6.45) is 22.0. The van der Waals surface area contributed by atoms with Gasteiger partial charge in [-0.1, -0.05) is 42.9 Å². The summed E-state index contributed by atoms with van der Waals surface area (Å²) >= 11 is 7.00. The van der Waals surface area contributed by atoms with E-state index in [-0.39, 0.29) is 48.0 Å². The number of allylic oxidation sites excluding steroid dienone is 4. The smallest absolute Gasteiger partial charge is 0.305 e. The molecular weight excluding hydrogens is 528 g/mol. The maximum Gasteiger partial charge on any atom is 0.305 e. The highest BCUT2D eigenvalue weighted by Gasteiger charge is 2.42. The fraction of sp³-hybridized carbons (Fsp3) is 0.788. The van der Waals surface area contributed by atoms with Gasteiger partial charge >= 0.3 is 5.97 Å². The predicted molar refractivity (Wildman–Crippen MR) is 160 cm³/mol. The first-order chi connectivity index (χ1) is 19.4. The maximum absolute atomic E-state index is 11.4. The Morgan fingerprint density at radius 2 is 1.77 bits per heavy atom. The lowest BCUT2D eigenvalue weighted by Crippen LogP contribution is -2.32. The third kappa shape index (κ3) is 11.6. The number of unbranched alkanes of at least 4 members (excludes halogenated alkanes) is 1. The standard InChI is InChI=1S/C33H53ClO6/c1-24(2)17-18-25(3)29(39-32-15-9-11-21-37-32)20-19-27-26(13-7-5-6-8-14-31(35)36-4)28(34)23-30(27)40-33-16-10-12-22-38-33/h5,7,17,19-20,25-30,32-33H,6,8-16,18,21-23H2,1-4H3/t25?,26-,27-,28-,29-,30-,32?,33?/m1/s1. The zero-order valence-corrected chi connectivity index (χ0v) is 26.0. The van der Waals surface area contributed by atoms with Gasteiger partial charge in [-0.25, -0.2) is 0 Å². The zero-order chi connectivity index (χ0) is 28.7. The van der Waals surface area contributed by atoms with Crippen LogP contribution in [0.2, 0.25) is 0 Å². The third-order valence-electron chi connectivity index (χ3n) is 8.29. The van der Waals surface area contributed by atoms with Crippen LogP contribution in [0.15, 0.2) is 36.0 Å². The van der Waals surface area contributed by atoms with Crippen LogP contribution in [0.4, 0.5) is 0 Å². The van der Waals surface area contributed by atoms with Crippen molar-refractivity contribution in [2.24, 2.45) is 17.8 Å². The minimum absolute atomic E-state index is 0.0132. The van der Waals surface area contributed by atoms with Crippen LogP contribution in [0, 0.1) is 17.8 Å². The van der Waals surface area contributed by atoms with Crippen molar-refractivity contribution in [1.29, 1.82) is 0 Å². The Hall–Kier alpha value is -1.18. The van der Waals surface area contributed by atoms with Crippen molar-refractivity contribution < 1.29 is 28.5 Å². The van der Waals surface area contributed by atoms with Gasteiger partial charge in [-0.15, -0.1) is 11.6 Å². The molecule has 2 saturated heterocycles. The molecule has 6 nitrogen and oxygen atoms in total. The molecule has 3 rings (SSSR count). The number of alkyl halides is 1. The van der Waals surface area contributed by atoms with Crippen LogP contribution in [-0.4, -0.2) is 56.5 Å². The van der Waals surface area contributed by atoms with Crippen LogP contribution in [0.25, 0.3) is 0 Å². The van der Waals surface area contributed by atoms with E-state index in [1.54, 1.807) is 0 Å². The molecule has 7 heteroatoms. The number of hydrogen-bond donors (Lipinski definition) is 0. The number of methoxy groups -OCH3 is 1. The van der Waals surface area contributed by atoms with Crippen LogP contribution >= 0.6 is 11.6 Å². The lowest BCUT2D eigenvalue weighted by Gasteiger charge is -2.31. The van der Waals surface area contributed by atoms with Gasteiger partial charge < -0.3 is 23.7 Å². The molecule has 0 spiro atoms. The van der Waals surface area contributed by atoms with Crippen molar-refractivity contribution in [2.75, 3.05) is 20.3 Å². The molecule has 0 aromatic rings. The minimum Gasteiger partial charge on any atom is -0.469 e. The van der Waals surface area contributed by atoms with Crippen molar-refractivity contribution in [2.45, 2.75) is 128 Å². The number of halogens is 1. The van der Waals surface area contributed by atoms with E-state index in [0.29, 0.717) is 12.3 Å². The van der Waals surface area contributed by atoms with Gasteiger partial charge in [0.05, 0.1) is 19.3 Å². The summed E-state index contributed by atoms with van der Waals surface area (Å²) in [7, 11) is 1.43. The molecule has 0 N–H and O–H groups in total. The Labute approximate surface area is 247 Å². The second-order valence-electron chi connectivity index (χ2n) is 11.9. The Bertz CT molecular complexity index is 810. The molecule has 1 aliphatic carbocycles. The molecule has 0 bridgehead atoms. The molecule has 3 aliphatic rings. The van der Waals surface area contributed by atoms with E-state index in [1.807, 2.05) is 0 Å².